The molecule has 0 fully saturated rings. The fourth-order valence-corrected chi connectivity index (χ4v) is 4.36. The topological polar surface area (TPSA) is 75.6 Å². The third-order valence-corrected chi connectivity index (χ3v) is 6.11. The van der Waals surface area contributed by atoms with Crippen molar-refractivity contribution in [2.24, 2.45) is 5.41 Å². The van der Waals surface area contributed by atoms with Gasteiger partial charge in [0.2, 0.25) is 5.91 Å². The summed E-state index contributed by atoms with van der Waals surface area (Å²) in [6.45, 7) is 14.6. The number of nitrogens with one attached hydrogen (secondary N) is 1. The summed E-state index contributed by atoms with van der Waals surface area (Å²) in [6.07, 6.45) is 1.67. The molecule has 2 aromatic rings. The summed E-state index contributed by atoms with van der Waals surface area (Å²) in [4.78, 5) is 23.6. The summed E-state index contributed by atoms with van der Waals surface area (Å²) in [6, 6.07) is 7.96. The van der Waals surface area contributed by atoms with E-state index in [4.69, 9.17) is 9.84 Å². The number of carbonyl (C=O) groups is 2. The van der Waals surface area contributed by atoms with Crippen molar-refractivity contribution >= 4 is 23.1 Å². The van der Waals surface area contributed by atoms with Crippen LogP contribution in [0.4, 0.5) is 5.69 Å². The van der Waals surface area contributed by atoms with Crippen molar-refractivity contribution in [1.29, 1.82) is 0 Å². The average Bonchev–Trinajstić information content (AvgIpc) is 3.13. The highest BCUT2D eigenvalue weighted by atomic mass is 16.5. The first-order valence-electron chi connectivity index (χ1n) is 11.0. The highest BCUT2D eigenvalue weighted by molar-refractivity contribution is 5.94. The molecule has 170 valence electrons. The van der Waals surface area contributed by atoms with Crippen molar-refractivity contribution in [3.8, 4) is 5.75 Å². The number of ether oxygens (including phenoxy) is 1. The molecular formula is C27H33NO4. The lowest BCUT2D eigenvalue weighted by Crippen LogP contribution is -2.21. The van der Waals surface area contributed by atoms with Gasteiger partial charge in [0.05, 0.1) is 6.61 Å². The first-order chi connectivity index (χ1) is 14.9. The van der Waals surface area contributed by atoms with Crippen LogP contribution in [0.5, 0.6) is 5.75 Å². The van der Waals surface area contributed by atoms with Crippen molar-refractivity contribution in [2.75, 3.05) is 11.9 Å². The van der Waals surface area contributed by atoms with Crippen LogP contribution in [0.15, 0.2) is 30.3 Å². The van der Waals surface area contributed by atoms with Gasteiger partial charge in [0.25, 0.3) is 0 Å². The summed E-state index contributed by atoms with van der Waals surface area (Å²) in [7, 11) is 0. The number of carboxylic acid groups (broad SMARTS) is 1. The molecule has 1 aliphatic heterocycles. The molecule has 0 aromatic heterocycles. The van der Waals surface area contributed by atoms with E-state index in [9.17, 15) is 9.59 Å². The SMILES string of the molecule is C/C(=C/C(=O)O)c1ccc(C2COc3c(C)c(C)c(NC(=O)CC(C)(C)C)c(C)c32)cc1. The average molecular weight is 436 g/mol. The van der Waals surface area contributed by atoms with E-state index in [0.29, 0.717) is 18.6 Å². The molecule has 2 aromatic carbocycles. The number of benzene rings is 2. The lowest BCUT2D eigenvalue weighted by molar-refractivity contribution is -0.131. The van der Waals surface area contributed by atoms with Gasteiger partial charge in [-0.05, 0) is 66.5 Å². The highest BCUT2D eigenvalue weighted by Crippen LogP contribution is 2.47. The number of allylic oxidation sites excluding steroid dienone is 1. The fourth-order valence-electron chi connectivity index (χ4n) is 4.36. The Morgan fingerprint density at radius 3 is 2.28 bits per heavy atom. The second-order valence-electron chi connectivity index (χ2n) is 9.93. The summed E-state index contributed by atoms with van der Waals surface area (Å²) in [5.41, 5.74) is 7.73. The summed E-state index contributed by atoms with van der Waals surface area (Å²) in [5.74, 6) is 0.0287. The molecule has 32 heavy (non-hydrogen) atoms. The number of carbonyl (C=O) groups excluding carboxylic acids is 1. The molecule has 0 saturated heterocycles. The molecule has 0 spiro atoms. The Morgan fingerprint density at radius 2 is 1.72 bits per heavy atom. The van der Waals surface area contributed by atoms with Crippen LogP contribution >= 0.6 is 0 Å². The van der Waals surface area contributed by atoms with Gasteiger partial charge >= 0.3 is 5.97 Å². The van der Waals surface area contributed by atoms with Crippen molar-refractivity contribution in [2.45, 2.75) is 60.8 Å². The molecule has 1 atom stereocenters. The molecule has 2 N–H and O–H groups in total. The van der Waals surface area contributed by atoms with Gasteiger partial charge in [-0.25, -0.2) is 4.79 Å². The Morgan fingerprint density at radius 1 is 1.09 bits per heavy atom. The van der Waals surface area contributed by atoms with Crippen LogP contribution in [0.2, 0.25) is 0 Å². The molecule has 1 aliphatic rings. The zero-order valence-electron chi connectivity index (χ0n) is 20.1. The Balaban J connectivity index is 1.98. The number of hydrogen-bond donors (Lipinski definition) is 2. The van der Waals surface area contributed by atoms with Crippen molar-refractivity contribution < 1.29 is 19.4 Å². The number of hydrogen-bond acceptors (Lipinski definition) is 3. The van der Waals surface area contributed by atoms with Crippen LogP contribution in [-0.4, -0.2) is 23.6 Å². The second kappa shape index (κ2) is 8.81. The van der Waals surface area contributed by atoms with Gasteiger partial charge in [-0.1, -0.05) is 45.0 Å². The number of aliphatic carboxylic acids is 1. The van der Waals surface area contributed by atoms with E-state index >= 15 is 0 Å². The molecule has 0 bridgehead atoms. The van der Waals surface area contributed by atoms with Gasteiger partial charge < -0.3 is 15.2 Å². The van der Waals surface area contributed by atoms with E-state index in [1.165, 1.54) is 6.08 Å². The van der Waals surface area contributed by atoms with E-state index < -0.39 is 5.97 Å². The van der Waals surface area contributed by atoms with Gasteiger partial charge in [-0.3, -0.25) is 4.79 Å². The maximum absolute atomic E-state index is 12.7. The van der Waals surface area contributed by atoms with Crippen molar-refractivity contribution in [3.63, 3.8) is 0 Å². The maximum Gasteiger partial charge on any atom is 0.328 e. The standard InChI is InChI=1S/C27H33NO4/c1-15(12-23(30)31)19-8-10-20(11-9-19)21-14-32-26-17(3)16(2)25(18(4)24(21)26)28-22(29)13-27(5,6)7/h8-12,21H,13-14H2,1-7H3,(H,28,29)(H,30,31)/b15-12-. The van der Waals surface area contributed by atoms with Crippen LogP contribution in [-0.2, 0) is 9.59 Å². The number of fused-ring (bicyclic) bond motifs is 1. The molecule has 0 saturated carbocycles. The predicted molar refractivity (Wildman–Crippen MR) is 128 cm³/mol. The Labute approximate surface area is 190 Å². The third kappa shape index (κ3) is 4.87. The molecule has 1 heterocycles. The van der Waals surface area contributed by atoms with E-state index in [-0.39, 0.29) is 17.2 Å². The van der Waals surface area contributed by atoms with Gasteiger partial charge in [0.15, 0.2) is 0 Å². The van der Waals surface area contributed by atoms with Crippen molar-refractivity contribution in [1.82, 2.24) is 0 Å². The van der Waals surface area contributed by atoms with E-state index in [2.05, 4.69) is 26.1 Å². The van der Waals surface area contributed by atoms with Crippen LogP contribution in [0.1, 0.15) is 73.4 Å². The molecule has 0 radical (unpaired) electrons. The van der Waals surface area contributed by atoms with Crippen LogP contribution in [0.3, 0.4) is 0 Å². The van der Waals surface area contributed by atoms with Gasteiger partial charge in [0.1, 0.15) is 5.75 Å². The van der Waals surface area contributed by atoms with Crippen LogP contribution < -0.4 is 10.1 Å². The molecule has 5 heteroatoms. The number of amides is 1. The summed E-state index contributed by atoms with van der Waals surface area (Å²) in [5, 5.41) is 12.2. The molecule has 3 rings (SSSR count). The zero-order valence-corrected chi connectivity index (χ0v) is 20.1. The quantitative estimate of drug-likeness (QED) is 0.565. The lowest BCUT2D eigenvalue weighted by atomic mass is 9.85. The van der Waals surface area contributed by atoms with Gasteiger partial charge in [0, 0.05) is 29.7 Å². The summed E-state index contributed by atoms with van der Waals surface area (Å²) < 4.78 is 6.13. The number of anilines is 1. The normalized spacial score (nSPS) is 15.8. The minimum Gasteiger partial charge on any atom is -0.492 e. The first-order valence-corrected chi connectivity index (χ1v) is 11.0. The molecule has 1 unspecified atom stereocenters. The fraction of sp³-hybridized carbons (Fsp3) is 0.407. The Bertz CT molecular complexity index is 1090. The second-order valence-corrected chi connectivity index (χ2v) is 9.93. The maximum atomic E-state index is 12.7. The number of carboxylic acids is 1. The first kappa shape index (κ1) is 23.6. The molecule has 5 nitrogen and oxygen atoms in total. The predicted octanol–water partition coefficient (Wildman–Crippen LogP) is 6.00. The van der Waals surface area contributed by atoms with E-state index in [1.54, 1.807) is 6.92 Å². The van der Waals surface area contributed by atoms with Crippen LogP contribution in [0, 0.1) is 26.2 Å². The lowest BCUT2D eigenvalue weighted by Gasteiger charge is -2.22. The van der Waals surface area contributed by atoms with Crippen molar-refractivity contribution in [3.05, 3.63) is 63.7 Å². The van der Waals surface area contributed by atoms with Gasteiger partial charge in [-0.2, -0.15) is 0 Å². The third-order valence-electron chi connectivity index (χ3n) is 6.11. The Hall–Kier alpha value is -3.08. The smallest absolute Gasteiger partial charge is 0.328 e. The minimum atomic E-state index is -0.952. The summed E-state index contributed by atoms with van der Waals surface area (Å²) >= 11 is 0. The van der Waals surface area contributed by atoms with Gasteiger partial charge in [-0.15, -0.1) is 0 Å². The van der Waals surface area contributed by atoms with E-state index in [0.717, 1.165) is 44.8 Å². The van der Waals surface area contributed by atoms with E-state index in [1.807, 2.05) is 45.0 Å². The zero-order chi connectivity index (χ0) is 23.8. The molecule has 1 amide bonds. The highest BCUT2D eigenvalue weighted by Gasteiger charge is 2.32. The van der Waals surface area contributed by atoms with Crippen LogP contribution in [0.25, 0.3) is 5.57 Å². The number of rotatable bonds is 5. The largest absolute Gasteiger partial charge is 0.492 e. The molecular weight excluding hydrogens is 402 g/mol. The monoisotopic (exact) mass is 435 g/mol. The Kier molecular flexibility index (Phi) is 6.49. The molecule has 0 aliphatic carbocycles. The minimum absolute atomic E-state index is 0.0172.